The Morgan fingerprint density at radius 1 is 0.935 bits per heavy atom. The summed E-state index contributed by atoms with van der Waals surface area (Å²) >= 11 is 0. The second kappa shape index (κ2) is 9.04. The van der Waals surface area contributed by atoms with Crippen molar-refractivity contribution >= 4 is 11.6 Å². The molecule has 0 aromatic heterocycles. The largest absolute Gasteiger partial charge is 0.390 e. The van der Waals surface area contributed by atoms with Crippen molar-refractivity contribution in [2.24, 2.45) is 5.16 Å². The molecular formula is C24H19F3N2O2. The molecule has 0 saturated carbocycles. The first-order valence-electron chi connectivity index (χ1n) is 9.76. The Balaban J connectivity index is 1.52. The maximum Gasteiger partial charge on any atom is 0.254 e. The summed E-state index contributed by atoms with van der Waals surface area (Å²) < 4.78 is 40.5. The van der Waals surface area contributed by atoms with Gasteiger partial charge < -0.3 is 9.74 Å². The highest BCUT2D eigenvalue weighted by atomic mass is 19.1. The molecule has 1 heterocycles. The molecule has 1 amide bonds. The molecule has 4 nitrogen and oxygen atoms in total. The standard InChI is InChI=1S/C24H19F3N2O2/c25-19-9-7-17(8-10-19)23-13-22(31-28-23)15-29(14-16-3-1-5-20(26)11-16)24(30)18-4-2-6-21(27)12-18/h1-12,22H,13-15H2/t22-/m1/s1. The minimum atomic E-state index is -0.518. The lowest BCUT2D eigenvalue weighted by Crippen LogP contribution is -2.37. The van der Waals surface area contributed by atoms with Crippen molar-refractivity contribution in [3.05, 3.63) is 107 Å². The first-order chi connectivity index (χ1) is 15.0. The Morgan fingerprint density at radius 3 is 2.35 bits per heavy atom. The van der Waals surface area contributed by atoms with Crippen molar-refractivity contribution in [1.29, 1.82) is 0 Å². The molecule has 31 heavy (non-hydrogen) atoms. The highest BCUT2D eigenvalue weighted by Gasteiger charge is 2.27. The van der Waals surface area contributed by atoms with Crippen LogP contribution in [0.1, 0.15) is 27.9 Å². The summed E-state index contributed by atoms with van der Waals surface area (Å²) in [5.41, 5.74) is 2.17. The third-order valence-corrected chi connectivity index (χ3v) is 4.96. The number of nitrogens with zero attached hydrogens (tertiary/aromatic N) is 2. The average molecular weight is 424 g/mol. The smallest absolute Gasteiger partial charge is 0.254 e. The van der Waals surface area contributed by atoms with E-state index in [1.54, 1.807) is 24.3 Å². The van der Waals surface area contributed by atoms with Gasteiger partial charge >= 0.3 is 0 Å². The van der Waals surface area contributed by atoms with Crippen LogP contribution >= 0.6 is 0 Å². The first-order valence-corrected chi connectivity index (χ1v) is 9.76. The van der Waals surface area contributed by atoms with E-state index < -0.39 is 23.6 Å². The minimum absolute atomic E-state index is 0.124. The quantitative estimate of drug-likeness (QED) is 0.563. The van der Waals surface area contributed by atoms with Crippen molar-refractivity contribution in [1.82, 2.24) is 4.90 Å². The molecule has 0 N–H and O–H groups in total. The lowest BCUT2D eigenvalue weighted by atomic mass is 10.0. The number of halogens is 3. The molecule has 158 valence electrons. The van der Waals surface area contributed by atoms with Crippen LogP contribution in [0, 0.1) is 17.5 Å². The molecule has 0 spiro atoms. The van der Waals surface area contributed by atoms with Crippen LogP contribution in [-0.4, -0.2) is 29.2 Å². The predicted octanol–water partition coefficient (Wildman–Crippen LogP) is 4.94. The monoisotopic (exact) mass is 424 g/mol. The summed E-state index contributed by atoms with van der Waals surface area (Å²) in [4.78, 5) is 20.1. The van der Waals surface area contributed by atoms with Crippen LogP contribution in [0.25, 0.3) is 0 Å². The van der Waals surface area contributed by atoms with Crippen LogP contribution in [0.2, 0.25) is 0 Å². The van der Waals surface area contributed by atoms with Gasteiger partial charge in [0.05, 0.1) is 12.3 Å². The number of amides is 1. The Labute approximate surface area is 177 Å². The lowest BCUT2D eigenvalue weighted by molar-refractivity contribution is 0.0404. The Kier molecular flexibility index (Phi) is 6.02. The number of hydrogen-bond donors (Lipinski definition) is 0. The molecule has 0 radical (unpaired) electrons. The van der Waals surface area contributed by atoms with E-state index in [4.69, 9.17) is 4.84 Å². The molecule has 4 rings (SSSR count). The normalized spacial score (nSPS) is 15.3. The number of rotatable bonds is 6. The van der Waals surface area contributed by atoms with Gasteiger partial charge in [-0.2, -0.15) is 0 Å². The van der Waals surface area contributed by atoms with Crippen LogP contribution < -0.4 is 0 Å². The summed E-state index contributed by atoms with van der Waals surface area (Å²) in [6, 6.07) is 17.3. The zero-order valence-electron chi connectivity index (χ0n) is 16.5. The SMILES string of the molecule is O=C(c1cccc(F)c1)N(Cc1cccc(F)c1)C[C@H]1CC(c2ccc(F)cc2)=NO1. The van der Waals surface area contributed by atoms with Crippen LogP contribution in [0.5, 0.6) is 0 Å². The van der Waals surface area contributed by atoms with Gasteiger partial charge in [-0.15, -0.1) is 0 Å². The highest BCUT2D eigenvalue weighted by Crippen LogP contribution is 2.20. The van der Waals surface area contributed by atoms with Crippen LogP contribution in [0.15, 0.2) is 78.0 Å². The molecular weight excluding hydrogens is 405 g/mol. The summed E-state index contributed by atoms with van der Waals surface area (Å²) in [6.45, 7) is 0.291. The van der Waals surface area contributed by atoms with Gasteiger partial charge in [0.1, 0.15) is 17.5 Å². The third-order valence-electron chi connectivity index (χ3n) is 4.96. The summed E-state index contributed by atoms with van der Waals surface area (Å²) in [7, 11) is 0. The maximum absolute atomic E-state index is 13.7. The predicted molar refractivity (Wildman–Crippen MR) is 110 cm³/mol. The highest BCUT2D eigenvalue weighted by molar-refractivity contribution is 6.01. The van der Waals surface area contributed by atoms with Crippen LogP contribution in [0.3, 0.4) is 0 Å². The molecule has 1 aliphatic heterocycles. The number of hydrogen-bond acceptors (Lipinski definition) is 3. The van der Waals surface area contributed by atoms with Gasteiger partial charge in [0, 0.05) is 18.5 Å². The Morgan fingerprint density at radius 2 is 1.65 bits per heavy atom. The summed E-state index contributed by atoms with van der Waals surface area (Å²) in [5.74, 6) is -1.67. The van der Waals surface area contributed by atoms with E-state index in [9.17, 15) is 18.0 Å². The number of carbonyl (C=O) groups excluding carboxylic acids is 1. The fourth-order valence-electron chi connectivity index (χ4n) is 3.46. The molecule has 0 unspecified atom stereocenters. The van der Waals surface area contributed by atoms with Crippen molar-refractivity contribution in [3.8, 4) is 0 Å². The van der Waals surface area contributed by atoms with E-state index in [0.29, 0.717) is 17.7 Å². The number of carbonyl (C=O) groups is 1. The van der Waals surface area contributed by atoms with Crippen LogP contribution in [-0.2, 0) is 11.4 Å². The number of oxime groups is 1. The van der Waals surface area contributed by atoms with E-state index >= 15 is 0 Å². The van der Waals surface area contributed by atoms with Gasteiger partial charge in [-0.1, -0.05) is 35.5 Å². The van der Waals surface area contributed by atoms with E-state index in [-0.39, 0.29) is 24.5 Å². The zero-order valence-corrected chi connectivity index (χ0v) is 16.5. The molecule has 3 aromatic rings. The fourth-order valence-corrected chi connectivity index (χ4v) is 3.46. The van der Waals surface area contributed by atoms with Gasteiger partial charge in [-0.05, 0) is 53.6 Å². The van der Waals surface area contributed by atoms with Gasteiger partial charge in [0.15, 0.2) is 6.10 Å². The Bertz CT molecular complexity index is 1120. The van der Waals surface area contributed by atoms with Crippen molar-refractivity contribution < 1.29 is 22.8 Å². The molecule has 0 bridgehead atoms. The Hall–Kier alpha value is -3.61. The zero-order chi connectivity index (χ0) is 21.8. The summed E-state index contributed by atoms with van der Waals surface area (Å²) in [6.07, 6.45) is -0.0204. The van der Waals surface area contributed by atoms with Gasteiger partial charge in [0.25, 0.3) is 5.91 Å². The molecule has 1 atom stereocenters. The van der Waals surface area contributed by atoms with Gasteiger partial charge in [0.2, 0.25) is 0 Å². The van der Waals surface area contributed by atoms with Crippen molar-refractivity contribution in [2.75, 3.05) is 6.54 Å². The van der Waals surface area contributed by atoms with Gasteiger partial charge in [-0.25, -0.2) is 13.2 Å². The fraction of sp³-hybridized carbons (Fsp3) is 0.167. The van der Waals surface area contributed by atoms with Crippen molar-refractivity contribution in [2.45, 2.75) is 19.1 Å². The molecule has 0 aliphatic carbocycles. The van der Waals surface area contributed by atoms with E-state index in [2.05, 4.69) is 5.16 Å². The third kappa shape index (κ3) is 5.12. The molecule has 1 aliphatic rings. The topological polar surface area (TPSA) is 41.9 Å². The molecule has 0 fully saturated rings. The molecule has 3 aromatic carbocycles. The summed E-state index contributed by atoms with van der Waals surface area (Å²) in [5, 5.41) is 4.07. The van der Waals surface area contributed by atoms with E-state index in [1.165, 1.54) is 47.4 Å². The first kappa shape index (κ1) is 20.7. The van der Waals surface area contributed by atoms with Gasteiger partial charge in [-0.3, -0.25) is 4.79 Å². The van der Waals surface area contributed by atoms with Crippen molar-refractivity contribution in [3.63, 3.8) is 0 Å². The van der Waals surface area contributed by atoms with E-state index in [1.807, 2.05) is 0 Å². The van der Waals surface area contributed by atoms with Crippen LogP contribution in [0.4, 0.5) is 13.2 Å². The lowest BCUT2D eigenvalue weighted by Gasteiger charge is -2.25. The van der Waals surface area contributed by atoms with E-state index in [0.717, 1.165) is 11.6 Å². The molecule has 0 saturated heterocycles. The second-order valence-corrected chi connectivity index (χ2v) is 7.30. The molecule has 7 heteroatoms. The number of benzene rings is 3. The average Bonchev–Trinajstić information content (AvgIpc) is 3.22. The second-order valence-electron chi connectivity index (χ2n) is 7.30. The maximum atomic E-state index is 13.7. The minimum Gasteiger partial charge on any atom is -0.390 e.